The lowest BCUT2D eigenvalue weighted by Gasteiger charge is -2.16. The minimum absolute atomic E-state index is 0.133. The first-order valence-corrected chi connectivity index (χ1v) is 6.26. The van der Waals surface area contributed by atoms with Gasteiger partial charge < -0.3 is 14.2 Å². The largest absolute Gasteiger partial charge is 0.463 e. The lowest BCUT2D eigenvalue weighted by atomic mass is 10.1. The van der Waals surface area contributed by atoms with E-state index in [2.05, 4.69) is 0 Å². The van der Waals surface area contributed by atoms with E-state index >= 15 is 0 Å². The average Bonchev–Trinajstić information content (AvgIpc) is 2.44. The van der Waals surface area contributed by atoms with Crippen molar-refractivity contribution in [2.45, 2.75) is 19.4 Å². The first-order valence-electron chi connectivity index (χ1n) is 6.26. The monoisotopic (exact) mass is 264 g/mol. The van der Waals surface area contributed by atoms with Gasteiger partial charge in [0.25, 0.3) is 0 Å². The highest BCUT2D eigenvalue weighted by molar-refractivity contribution is 5.81. The predicted molar refractivity (Wildman–Crippen MR) is 72.5 cm³/mol. The smallest absolute Gasteiger partial charge is 0.330 e. The number of rotatable bonds is 8. The van der Waals surface area contributed by atoms with E-state index in [0.29, 0.717) is 13.0 Å². The normalized spacial score (nSPS) is 12.5. The van der Waals surface area contributed by atoms with Gasteiger partial charge >= 0.3 is 5.97 Å². The second-order valence-corrected chi connectivity index (χ2v) is 3.86. The summed E-state index contributed by atoms with van der Waals surface area (Å²) in [4.78, 5) is 11.2. The number of hydrogen-bond donors (Lipinski definition) is 0. The predicted octanol–water partition coefficient (Wildman–Crippen LogP) is 2.86. The van der Waals surface area contributed by atoms with Crippen LogP contribution in [0.1, 0.15) is 25.0 Å². The number of carbonyl (C=O) groups is 1. The van der Waals surface area contributed by atoms with Gasteiger partial charge in [0, 0.05) is 13.2 Å². The maximum Gasteiger partial charge on any atom is 0.330 e. The fourth-order valence-electron chi connectivity index (χ4n) is 1.60. The van der Waals surface area contributed by atoms with Gasteiger partial charge in [0.05, 0.1) is 12.7 Å². The summed E-state index contributed by atoms with van der Waals surface area (Å²) in [6.45, 7) is 2.37. The molecule has 0 bridgehead atoms. The van der Waals surface area contributed by atoms with E-state index in [9.17, 15) is 4.79 Å². The molecule has 0 aromatic heterocycles. The van der Waals surface area contributed by atoms with Crippen LogP contribution < -0.4 is 0 Å². The lowest BCUT2D eigenvalue weighted by Crippen LogP contribution is -2.06. The number of methoxy groups -OCH3 is 1. The highest BCUT2D eigenvalue weighted by Gasteiger charge is 2.10. The fourth-order valence-corrected chi connectivity index (χ4v) is 1.60. The molecular formula is C15H20O4. The molecule has 0 amide bonds. The highest BCUT2D eigenvalue weighted by Crippen LogP contribution is 2.21. The Labute approximate surface area is 114 Å². The zero-order valence-electron chi connectivity index (χ0n) is 11.4. The summed E-state index contributed by atoms with van der Waals surface area (Å²) in [5.74, 6) is -0.332. The summed E-state index contributed by atoms with van der Waals surface area (Å²) in [6, 6.07) is 9.82. The summed E-state index contributed by atoms with van der Waals surface area (Å²) in [7, 11) is 1.58. The van der Waals surface area contributed by atoms with Crippen LogP contribution >= 0.6 is 0 Å². The Bertz CT molecular complexity index is 386. The topological polar surface area (TPSA) is 44.8 Å². The first kappa shape index (κ1) is 15.4. The molecule has 0 saturated carbocycles. The Balaban J connectivity index is 2.58. The van der Waals surface area contributed by atoms with Crippen LogP contribution in [0.15, 0.2) is 42.5 Å². The number of hydrogen-bond acceptors (Lipinski definition) is 4. The second kappa shape index (κ2) is 9.30. The third-order valence-corrected chi connectivity index (χ3v) is 2.45. The summed E-state index contributed by atoms with van der Waals surface area (Å²) < 4.78 is 15.3. The van der Waals surface area contributed by atoms with Crippen molar-refractivity contribution in [3.05, 3.63) is 48.0 Å². The summed E-state index contributed by atoms with van der Waals surface area (Å²) in [5, 5.41) is 0. The van der Waals surface area contributed by atoms with Crippen molar-refractivity contribution in [3.8, 4) is 0 Å². The molecule has 1 atom stereocenters. The van der Waals surface area contributed by atoms with Gasteiger partial charge in [-0.15, -0.1) is 0 Å². The van der Waals surface area contributed by atoms with E-state index in [-0.39, 0.29) is 18.9 Å². The molecule has 0 heterocycles. The van der Waals surface area contributed by atoms with Crippen LogP contribution in [0.5, 0.6) is 0 Å². The van der Waals surface area contributed by atoms with Gasteiger partial charge in [-0.1, -0.05) is 36.4 Å². The molecule has 0 unspecified atom stereocenters. The van der Waals surface area contributed by atoms with Crippen LogP contribution in [-0.2, 0) is 19.0 Å². The minimum atomic E-state index is -0.332. The van der Waals surface area contributed by atoms with Crippen molar-refractivity contribution < 1.29 is 19.0 Å². The molecule has 0 aliphatic heterocycles. The van der Waals surface area contributed by atoms with Gasteiger partial charge in [-0.2, -0.15) is 0 Å². The number of ether oxygens (including phenoxy) is 3. The molecule has 0 fully saturated rings. The van der Waals surface area contributed by atoms with E-state index in [1.165, 1.54) is 6.08 Å². The summed E-state index contributed by atoms with van der Waals surface area (Å²) in [5.41, 5.74) is 1.05. The molecule has 0 spiro atoms. The second-order valence-electron chi connectivity index (χ2n) is 3.86. The molecule has 1 rings (SSSR count). The number of benzene rings is 1. The van der Waals surface area contributed by atoms with Gasteiger partial charge in [0.2, 0.25) is 0 Å². The zero-order valence-corrected chi connectivity index (χ0v) is 11.4. The van der Waals surface area contributed by atoms with Crippen LogP contribution in [0.3, 0.4) is 0 Å². The molecule has 0 N–H and O–H groups in total. The quantitative estimate of drug-likeness (QED) is 0.411. The minimum Gasteiger partial charge on any atom is -0.463 e. The maximum atomic E-state index is 11.2. The molecule has 1 aromatic rings. The third-order valence-electron chi connectivity index (χ3n) is 2.45. The number of carbonyl (C=O) groups excluding carboxylic acids is 1. The maximum absolute atomic E-state index is 11.2. The Morgan fingerprint density at radius 1 is 1.32 bits per heavy atom. The summed E-state index contributed by atoms with van der Waals surface area (Å²) in [6.07, 6.45) is 3.64. The Morgan fingerprint density at radius 3 is 2.68 bits per heavy atom. The molecule has 0 radical (unpaired) electrons. The average molecular weight is 264 g/mol. The Kier molecular flexibility index (Phi) is 7.54. The molecule has 19 heavy (non-hydrogen) atoms. The van der Waals surface area contributed by atoms with Gasteiger partial charge in [0.15, 0.2) is 0 Å². The fraction of sp³-hybridized carbons (Fsp3) is 0.400. The van der Waals surface area contributed by atoms with Gasteiger partial charge in [-0.3, -0.25) is 0 Å². The molecule has 104 valence electrons. The van der Waals surface area contributed by atoms with E-state index in [4.69, 9.17) is 14.2 Å². The van der Waals surface area contributed by atoms with Crippen molar-refractivity contribution in [1.82, 2.24) is 0 Å². The van der Waals surface area contributed by atoms with Crippen molar-refractivity contribution in [1.29, 1.82) is 0 Å². The van der Waals surface area contributed by atoms with E-state index in [1.54, 1.807) is 20.1 Å². The van der Waals surface area contributed by atoms with Gasteiger partial charge in [-0.05, 0) is 18.9 Å². The van der Waals surface area contributed by atoms with Crippen LogP contribution in [0.2, 0.25) is 0 Å². The van der Waals surface area contributed by atoms with Crippen LogP contribution in [-0.4, -0.2) is 26.5 Å². The van der Waals surface area contributed by atoms with Gasteiger partial charge in [0.1, 0.15) is 6.79 Å². The molecular weight excluding hydrogens is 244 g/mol. The van der Waals surface area contributed by atoms with Crippen LogP contribution in [0.25, 0.3) is 0 Å². The standard InChI is InChI=1S/C15H20O4/c1-3-18-15(16)11-7-10-14(19-12-17-2)13-8-5-4-6-9-13/h4-9,11,14H,3,10,12H2,1-2H3/b11-7+/t14-/m1/s1. The van der Waals surface area contributed by atoms with Crippen molar-refractivity contribution in [2.24, 2.45) is 0 Å². The highest BCUT2D eigenvalue weighted by atomic mass is 16.7. The zero-order chi connectivity index (χ0) is 13.9. The van der Waals surface area contributed by atoms with Crippen molar-refractivity contribution >= 4 is 5.97 Å². The van der Waals surface area contributed by atoms with Crippen molar-refractivity contribution in [3.63, 3.8) is 0 Å². The molecule has 1 aromatic carbocycles. The van der Waals surface area contributed by atoms with E-state index in [1.807, 2.05) is 30.3 Å². The van der Waals surface area contributed by atoms with Gasteiger partial charge in [-0.25, -0.2) is 4.79 Å². The Hall–Kier alpha value is -1.65. The molecule has 0 aliphatic rings. The Morgan fingerprint density at radius 2 is 2.05 bits per heavy atom. The van der Waals surface area contributed by atoms with Crippen LogP contribution in [0.4, 0.5) is 0 Å². The first-order chi connectivity index (χ1) is 9.27. The van der Waals surface area contributed by atoms with Crippen molar-refractivity contribution in [2.75, 3.05) is 20.5 Å². The third kappa shape index (κ3) is 6.18. The van der Waals surface area contributed by atoms with Crippen LogP contribution in [0, 0.1) is 0 Å². The van der Waals surface area contributed by atoms with E-state index in [0.717, 1.165) is 5.56 Å². The van der Waals surface area contributed by atoms with E-state index < -0.39 is 0 Å². The molecule has 0 saturated heterocycles. The SMILES string of the molecule is CCOC(=O)/C=C/C[C@@H](OCOC)c1ccccc1. The molecule has 0 aliphatic carbocycles. The summed E-state index contributed by atoms with van der Waals surface area (Å²) >= 11 is 0. The molecule has 4 nitrogen and oxygen atoms in total. The molecule has 4 heteroatoms. The number of esters is 1. The lowest BCUT2D eigenvalue weighted by molar-refractivity contribution is -0.137.